The Morgan fingerprint density at radius 2 is 1.94 bits per heavy atom. The number of rotatable bonds is 9. The maximum atomic E-state index is 12.4. The number of nitrogen functional groups attached to an aromatic ring is 1. The van der Waals surface area contributed by atoms with E-state index in [0.29, 0.717) is 30.4 Å². The van der Waals surface area contributed by atoms with Gasteiger partial charge < -0.3 is 25.9 Å². The van der Waals surface area contributed by atoms with E-state index in [-0.39, 0.29) is 11.7 Å². The van der Waals surface area contributed by atoms with E-state index in [0.717, 1.165) is 24.1 Å². The molecule has 0 atom stereocenters. The van der Waals surface area contributed by atoms with E-state index < -0.39 is 5.97 Å². The molecule has 0 unspecified atom stereocenters. The monoisotopic (exact) mass is 438 g/mol. The predicted molar refractivity (Wildman–Crippen MR) is 124 cm³/mol. The number of hydrogen-bond acceptors (Lipinski definition) is 6. The third-order valence-corrected chi connectivity index (χ3v) is 4.48. The minimum atomic E-state index is -1.03. The highest BCUT2D eigenvalue weighted by molar-refractivity contribution is 5.99. The Hall–Kier alpha value is -3.81. The number of nitrogens with zero attached hydrogens (tertiary/aromatic N) is 1. The van der Waals surface area contributed by atoms with Gasteiger partial charge in [0.2, 0.25) is 5.76 Å². The van der Waals surface area contributed by atoms with E-state index in [1.807, 2.05) is 36.4 Å². The second kappa shape index (κ2) is 12.8. The molecule has 8 heteroatoms. The van der Waals surface area contributed by atoms with Crippen molar-refractivity contribution in [3.05, 3.63) is 77.9 Å². The molecule has 0 aliphatic heterocycles. The maximum absolute atomic E-state index is 12.4. The number of carboxylic acid groups (broad SMARTS) is 1. The van der Waals surface area contributed by atoms with Crippen LogP contribution < -0.4 is 16.4 Å². The molecular weight excluding hydrogens is 408 g/mol. The number of hydrogen-bond donors (Lipinski definition) is 4. The average Bonchev–Trinajstić information content (AvgIpc) is 3.31. The SMILES string of the molecule is CC(C)CCCNC(=O)c1ccccc1NCc1ccnc(N)c1.O=C(O)c1ccco1. The molecule has 0 bridgehead atoms. The van der Waals surface area contributed by atoms with Gasteiger partial charge in [-0.3, -0.25) is 4.79 Å². The fourth-order valence-electron chi connectivity index (χ4n) is 2.84. The molecule has 3 rings (SSSR count). The normalized spacial score (nSPS) is 10.2. The van der Waals surface area contributed by atoms with Gasteiger partial charge in [0.1, 0.15) is 5.82 Å². The summed E-state index contributed by atoms with van der Waals surface area (Å²) in [5.74, 6) is 0.0465. The summed E-state index contributed by atoms with van der Waals surface area (Å²) < 4.78 is 4.50. The summed E-state index contributed by atoms with van der Waals surface area (Å²) in [5, 5.41) is 14.5. The number of pyridine rings is 1. The zero-order valence-electron chi connectivity index (χ0n) is 18.4. The van der Waals surface area contributed by atoms with Gasteiger partial charge >= 0.3 is 5.97 Å². The van der Waals surface area contributed by atoms with Gasteiger partial charge in [-0.1, -0.05) is 26.0 Å². The number of benzene rings is 1. The molecule has 2 heterocycles. The second-order valence-corrected chi connectivity index (χ2v) is 7.56. The molecule has 5 N–H and O–H groups in total. The van der Waals surface area contributed by atoms with E-state index in [4.69, 9.17) is 10.8 Å². The molecule has 0 radical (unpaired) electrons. The summed E-state index contributed by atoms with van der Waals surface area (Å²) >= 11 is 0. The number of carbonyl (C=O) groups is 2. The van der Waals surface area contributed by atoms with Crippen LogP contribution in [-0.2, 0) is 6.54 Å². The van der Waals surface area contributed by atoms with Crippen LogP contribution in [0.5, 0.6) is 0 Å². The molecule has 1 aromatic carbocycles. The number of nitrogens with one attached hydrogen (secondary N) is 2. The standard InChI is InChI=1S/C19H26N4O.C5H4O3/c1-14(2)6-5-10-22-19(24)16-7-3-4-8-17(16)23-13-15-9-11-21-18(20)12-15;6-5(7)4-2-1-3-8-4/h3-4,7-9,11-12,14,23H,5-6,10,13H2,1-2H3,(H2,20,21)(H,22,24);1-3H,(H,6,7). The van der Waals surface area contributed by atoms with Crippen molar-refractivity contribution in [2.45, 2.75) is 33.2 Å². The number of para-hydroxylation sites is 1. The number of aromatic carboxylic acids is 1. The molecule has 2 aromatic heterocycles. The van der Waals surface area contributed by atoms with Crippen LogP contribution in [0.4, 0.5) is 11.5 Å². The van der Waals surface area contributed by atoms with Crippen molar-refractivity contribution in [3.63, 3.8) is 0 Å². The Labute approximate surface area is 187 Å². The van der Waals surface area contributed by atoms with Crippen LogP contribution in [0.3, 0.4) is 0 Å². The summed E-state index contributed by atoms with van der Waals surface area (Å²) in [7, 11) is 0. The van der Waals surface area contributed by atoms with Gasteiger partial charge in [0.15, 0.2) is 0 Å². The molecule has 0 saturated heterocycles. The smallest absolute Gasteiger partial charge is 0.371 e. The number of anilines is 2. The fraction of sp³-hybridized carbons (Fsp3) is 0.292. The van der Waals surface area contributed by atoms with Crippen LogP contribution in [0, 0.1) is 5.92 Å². The Kier molecular flexibility index (Phi) is 9.77. The van der Waals surface area contributed by atoms with Crippen LogP contribution in [-0.4, -0.2) is 28.5 Å². The Bertz CT molecular complexity index is 987. The Balaban J connectivity index is 0.000000380. The first-order valence-electron chi connectivity index (χ1n) is 10.4. The van der Waals surface area contributed by atoms with Gasteiger partial charge in [0.05, 0.1) is 11.8 Å². The first-order chi connectivity index (χ1) is 15.4. The lowest BCUT2D eigenvalue weighted by Gasteiger charge is -2.13. The summed E-state index contributed by atoms with van der Waals surface area (Å²) in [6.07, 6.45) is 5.11. The summed E-state index contributed by atoms with van der Waals surface area (Å²) in [5.41, 5.74) is 8.19. The van der Waals surface area contributed by atoms with E-state index in [2.05, 4.69) is 33.9 Å². The molecule has 0 aliphatic carbocycles. The van der Waals surface area contributed by atoms with Crippen molar-refractivity contribution in [2.75, 3.05) is 17.6 Å². The first-order valence-corrected chi connectivity index (χ1v) is 10.4. The molecular formula is C24H30N4O4. The van der Waals surface area contributed by atoms with Crippen LogP contribution in [0.25, 0.3) is 0 Å². The summed E-state index contributed by atoms with van der Waals surface area (Å²) in [4.78, 5) is 26.3. The second-order valence-electron chi connectivity index (χ2n) is 7.56. The highest BCUT2D eigenvalue weighted by atomic mass is 16.4. The largest absolute Gasteiger partial charge is 0.475 e. The quantitative estimate of drug-likeness (QED) is 0.364. The molecule has 32 heavy (non-hydrogen) atoms. The average molecular weight is 439 g/mol. The molecule has 0 spiro atoms. The number of amides is 1. The topological polar surface area (TPSA) is 130 Å². The van der Waals surface area contributed by atoms with E-state index in [9.17, 15) is 9.59 Å². The van der Waals surface area contributed by atoms with Gasteiger partial charge in [-0.2, -0.15) is 0 Å². The Morgan fingerprint density at radius 1 is 1.16 bits per heavy atom. The van der Waals surface area contributed by atoms with Crippen molar-refractivity contribution in [2.24, 2.45) is 5.92 Å². The minimum Gasteiger partial charge on any atom is -0.475 e. The van der Waals surface area contributed by atoms with Gasteiger partial charge in [-0.15, -0.1) is 0 Å². The Morgan fingerprint density at radius 3 is 2.56 bits per heavy atom. The molecule has 1 amide bonds. The van der Waals surface area contributed by atoms with Crippen LogP contribution in [0.1, 0.15) is 53.2 Å². The van der Waals surface area contributed by atoms with Gasteiger partial charge in [-0.05, 0) is 60.7 Å². The van der Waals surface area contributed by atoms with Gasteiger partial charge in [0, 0.05) is 25.0 Å². The minimum absolute atomic E-state index is 0.0231. The number of aromatic nitrogens is 1. The first kappa shape index (κ1) is 24.5. The van der Waals surface area contributed by atoms with Crippen molar-refractivity contribution < 1.29 is 19.1 Å². The number of carboxylic acids is 1. The van der Waals surface area contributed by atoms with Crippen molar-refractivity contribution in [1.82, 2.24) is 10.3 Å². The van der Waals surface area contributed by atoms with E-state index in [1.165, 1.54) is 18.4 Å². The van der Waals surface area contributed by atoms with Crippen LogP contribution >= 0.6 is 0 Å². The van der Waals surface area contributed by atoms with E-state index in [1.54, 1.807) is 6.20 Å². The molecule has 0 aliphatic rings. The lowest BCUT2D eigenvalue weighted by molar-refractivity contribution is 0.0662. The highest BCUT2D eigenvalue weighted by Gasteiger charge is 2.10. The third kappa shape index (κ3) is 8.51. The predicted octanol–water partition coefficient (Wildman–Crippen LogP) is 4.42. The molecule has 170 valence electrons. The molecule has 3 aromatic rings. The molecule has 0 fully saturated rings. The van der Waals surface area contributed by atoms with Crippen molar-refractivity contribution >= 4 is 23.4 Å². The lowest BCUT2D eigenvalue weighted by Crippen LogP contribution is -2.25. The van der Waals surface area contributed by atoms with Crippen molar-refractivity contribution in [3.8, 4) is 0 Å². The number of furan rings is 1. The maximum Gasteiger partial charge on any atom is 0.371 e. The van der Waals surface area contributed by atoms with E-state index >= 15 is 0 Å². The lowest BCUT2D eigenvalue weighted by atomic mass is 10.1. The van der Waals surface area contributed by atoms with Crippen molar-refractivity contribution in [1.29, 1.82) is 0 Å². The number of carbonyl (C=O) groups excluding carboxylic acids is 1. The summed E-state index contributed by atoms with van der Waals surface area (Å²) in [6.45, 7) is 5.66. The van der Waals surface area contributed by atoms with Crippen LogP contribution in [0.2, 0.25) is 0 Å². The van der Waals surface area contributed by atoms with Crippen LogP contribution in [0.15, 0.2) is 65.4 Å². The fourth-order valence-corrected chi connectivity index (χ4v) is 2.84. The highest BCUT2D eigenvalue weighted by Crippen LogP contribution is 2.16. The zero-order chi connectivity index (χ0) is 23.3. The zero-order valence-corrected chi connectivity index (χ0v) is 18.4. The molecule has 8 nitrogen and oxygen atoms in total. The number of nitrogens with two attached hydrogens (primary N) is 1. The molecule has 0 saturated carbocycles. The third-order valence-electron chi connectivity index (χ3n) is 4.48. The van der Waals surface area contributed by atoms with Gasteiger partial charge in [0.25, 0.3) is 5.91 Å². The van der Waals surface area contributed by atoms with Gasteiger partial charge in [-0.25, -0.2) is 9.78 Å². The summed E-state index contributed by atoms with van der Waals surface area (Å²) in [6, 6.07) is 14.2.